The number of hydrogen-bond acceptors (Lipinski definition) is 3. The lowest BCUT2D eigenvalue weighted by Crippen LogP contribution is -2.00. The molecule has 0 spiro atoms. The van der Waals surface area contributed by atoms with Gasteiger partial charge in [0.1, 0.15) is 12.4 Å². The molecular weight excluding hydrogens is 214 g/mol. The molecule has 0 saturated heterocycles. The highest BCUT2D eigenvalue weighted by Gasteiger charge is 2.04. The number of rotatable bonds is 4. The highest BCUT2D eigenvalue weighted by Crippen LogP contribution is 2.20. The number of nitrogens with zero attached hydrogens (tertiary/aromatic N) is 1. The van der Waals surface area contributed by atoms with E-state index >= 15 is 0 Å². The Balaban J connectivity index is 2.10. The van der Waals surface area contributed by atoms with E-state index in [-0.39, 0.29) is 0 Å². The highest BCUT2D eigenvalue weighted by molar-refractivity contribution is 5.32. The van der Waals surface area contributed by atoms with Crippen LogP contribution in [-0.4, -0.2) is 12.1 Å². The molecule has 3 heteroatoms. The molecule has 0 atom stereocenters. The topological polar surface area (TPSA) is 31.4 Å². The molecule has 0 aliphatic rings. The van der Waals surface area contributed by atoms with Crippen molar-refractivity contribution in [1.29, 1.82) is 0 Å². The molecule has 1 aromatic carbocycles. The van der Waals surface area contributed by atoms with Crippen LogP contribution in [0.25, 0.3) is 0 Å². The predicted octanol–water partition coefficient (Wildman–Crippen LogP) is 2.98. The molecule has 0 radical (unpaired) electrons. The predicted molar refractivity (Wildman–Crippen MR) is 66.3 cm³/mol. The van der Waals surface area contributed by atoms with Crippen molar-refractivity contribution in [1.82, 2.24) is 4.98 Å². The lowest BCUT2D eigenvalue weighted by Gasteiger charge is -2.10. The fraction of sp³-hybridized carbons (Fsp3) is 0.214. The van der Waals surface area contributed by atoms with Crippen LogP contribution in [0, 0.1) is 6.92 Å². The van der Waals surface area contributed by atoms with E-state index in [1.165, 1.54) is 0 Å². The Morgan fingerprint density at radius 2 is 1.94 bits per heavy atom. The molecule has 0 saturated carbocycles. The van der Waals surface area contributed by atoms with Crippen molar-refractivity contribution in [3.8, 4) is 11.6 Å². The Morgan fingerprint density at radius 3 is 2.71 bits per heavy atom. The normalized spacial score (nSPS) is 10.0. The number of para-hydroxylation sites is 1. The number of ether oxygens (including phenoxy) is 2. The zero-order chi connectivity index (χ0) is 12.1. The van der Waals surface area contributed by atoms with E-state index in [0.717, 1.165) is 16.9 Å². The average Bonchev–Trinajstić information content (AvgIpc) is 2.38. The molecule has 0 bridgehead atoms. The molecule has 3 nitrogen and oxygen atoms in total. The van der Waals surface area contributed by atoms with Gasteiger partial charge in [0.25, 0.3) is 0 Å². The van der Waals surface area contributed by atoms with Gasteiger partial charge in [0.2, 0.25) is 5.88 Å². The Hall–Kier alpha value is -2.03. The summed E-state index contributed by atoms with van der Waals surface area (Å²) in [6.45, 7) is 2.48. The van der Waals surface area contributed by atoms with Crippen molar-refractivity contribution in [3.63, 3.8) is 0 Å². The minimum Gasteiger partial charge on any atom is -0.488 e. The van der Waals surface area contributed by atoms with Crippen LogP contribution in [0.2, 0.25) is 0 Å². The second kappa shape index (κ2) is 5.34. The van der Waals surface area contributed by atoms with Crippen molar-refractivity contribution in [2.75, 3.05) is 7.11 Å². The summed E-state index contributed by atoms with van der Waals surface area (Å²) < 4.78 is 10.9. The van der Waals surface area contributed by atoms with Crippen molar-refractivity contribution < 1.29 is 9.47 Å². The van der Waals surface area contributed by atoms with Gasteiger partial charge in [-0.05, 0) is 30.7 Å². The van der Waals surface area contributed by atoms with Gasteiger partial charge in [-0.25, -0.2) is 4.98 Å². The minimum absolute atomic E-state index is 0.460. The van der Waals surface area contributed by atoms with Crippen LogP contribution in [0.3, 0.4) is 0 Å². The summed E-state index contributed by atoms with van der Waals surface area (Å²) in [5.41, 5.74) is 2.06. The van der Waals surface area contributed by atoms with Crippen LogP contribution < -0.4 is 9.47 Å². The van der Waals surface area contributed by atoms with Crippen LogP contribution in [0.5, 0.6) is 11.6 Å². The van der Waals surface area contributed by atoms with Gasteiger partial charge < -0.3 is 9.47 Å². The Labute approximate surface area is 101 Å². The molecule has 0 amide bonds. The summed E-state index contributed by atoms with van der Waals surface area (Å²) in [6.07, 6.45) is 1.70. The number of methoxy groups -OCH3 is 1. The van der Waals surface area contributed by atoms with E-state index in [0.29, 0.717) is 12.5 Å². The van der Waals surface area contributed by atoms with Gasteiger partial charge in [-0.3, -0.25) is 0 Å². The second-order valence-electron chi connectivity index (χ2n) is 3.73. The first-order chi connectivity index (χ1) is 8.31. The van der Waals surface area contributed by atoms with E-state index in [1.807, 2.05) is 43.3 Å². The Bertz CT molecular complexity index is 497. The number of pyridine rings is 1. The maximum atomic E-state index is 5.75. The third-order valence-corrected chi connectivity index (χ3v) is 2.52. The van der Waals surface area contributed by atoms with Gasteiger partial charge in [-0.15, -0.1) is 0 Å². The lowest BCUT2D eigenvalue weighted by atomic mass is 10.2. The molecule has 0 fully saturated rings. The molecule has 88 valence electrons. The van der Waals surface area contributed by atoms with E-state index < -0.39 is 0 Å². The van der Waals surface area contributed by atoms with Gasteiger partial charge in [0, 0.05) is 6.20 Å². The molecule has 2 rings (SSSR count). The second-order valence-corrected chi connectivity index (χ2v) is 3.73. The average molecular weight is 229 g/mol. The van der Waals surface area contributed by atoms with Gasteiger partial charge in [-0.2, -0.15) is 0 Å². The van der Waals surface area contributed by atoms with E-state index in [9.17, 15) is 0 Å². The first-order valence-electron chi connectivity index (χ1n) is 5.47. The van der Waals surface area contributed by atoms with Crippen LogP contribution in [0.15, 0.2) is 42.6 Å². The molecule has 1 aromatic heterocycles. The van der Waals surface area contributed by atoms with Gasteiger partial charge in [0.15, 0.2) is 0 Å². The third kappa shape index (κ3) is 2.75. The monoisotopic (exact) mass is 229 g/mol. The number of benzene rings is 1. The fourth-order valence-corrected chi connectivity index (χ4v) is 1.59. The van der Waals surface area contributed by atoms with Crippen molar-refractivity contribution in [2.45, 2.75) is 13.5 Å². The lowest BCUT2D eigenvalue weighted by molar-refractivity contribution is 0.292. The maximum absolute atomic E-state index is 5.75. The molecule has 0 aliphatic heterocycles. The molecule has 0 N–H and O–H groups in total. The molecular formula is C14H15NO2. The summed E-state index contributed by atoms with van der Waals surface area (Å²) in [7, 11) is 1.61. The number of aromatic nitrogens is 1. The van der Waals surface area contributed by atoms with E-state index in [4.69, 9.17) is 9.47 Å². The van der Waals surface area contributed by atoms with Crippen molar-refractivity contribution in [3.05, 3.63) is 53.7 Å². The van der Waals surface area contributed by atoms with Crippen LogP contribution >= 0.6 is 0 Å². The van der Waals surface area contributed by atoms with Crippen LogP contribution in [0.4, 0.5) is 0 Å². The SMILES string of the molecule is COc1ncccc1COc1ccccc1C. The zero-order valence-electron chi connectivity index (χ0n) is 10.0. The molecule has 0 aliphatic carbocycles. The summed E-state index contributed by atoms with van der Waals surface area (Å²) in [4.78, 5) is 4.13. The molecule has 1 heterocycles. The minimum atomic E-state index is 0.460. The van der Waals surface area contributed by atoms with Crippen LogP contribution in [0.1, 0.15) is 11.1 Å². The maximum Gasteiger partial charge on any atom is 0.219 e. The first kappa shape index (κ1) is 11.5. The van der Waals surface area contributed by atoms with Gasteiger partial charge >= 0.3 is 0 Å². The summed E-state index contributed by atoms with van der Waals surface area (Å²) in [5, 5.41) is 0. The van der Waals surface area contributed by atoms with Gasteiger partial charge in [-0.1, -0.05) is 18.2 Å². The number of aryl methyl sites for hydroxylation is 1. The largest absolute Gasteiger partial charge is 0.488 e. The molecule has 0 unspecified atom stereocenters. The van der Waals surface area contributed by atoms with Gasteiger partial charge in [0.05, 0.1) is 12.7 Å². The highest BCUT2D eigenvalue weighted by atomic mass is 16.5. The molecule has 17 heavy (non-hydrogen) atoms. The van der Waals surface area contributed by atoms with Crippen molar-refractivity contribution in [2.24, 2.45) is 0 Å². The first-order valence-corrected chi connectivity index (χ1v) is 5.47. The summed E-state index contributed by atoms with van der Waals surface area (Å²) in [5.74, 6) is 1.50. The quantitative estimate of drug-likeness (QED) is 0.807. The van der Waals surface area contributed by atoms with Crippen molar-refractivity contribution >= 4 is 0 Å². The zero-order valence-corrected chi connectivity index (χ0v) is 10.0. The van der Waals surface area contributed by atoms with E-state index in [1.54, 1.807) is 13.3 Å². The summed E-state index contributed by atoms with van der Waals surface area (Å²) >= 11 is 0. The Morgan fingerprint density at radius 1 is 1.12 bits per heavy atom. The number of hydrogen-bond donors (Lipinski definition) is 0. The van der Waals surface area contributed by atoms with E-state index in [2.05, 4.69) is 4.98 Å². The smallest absolute Gasteiger partial charge is 0.219 e. The summed E-state index contributed by atoms with van der Waals surface area (Å²) in [6, 6.07) is 11.8. The Kier molecular flexibility index (Phi) is 3.60. The fourth-order valence-electron chi connectivity index (χ4n) is 1.59. The standard InChI is InChI=1S/C14H15NO2/c1-11-6-3-4-8-13(11)17-10-12-7-5-9-15-14(12)16-2/h3-9H,10H2,1-2H3. The van der Waals surface area contributed by atoms with Crippen LogP contribution in [-0.2, 0) is 6.61 Å². The molecule has 2 aromatic rings. The third-order valence-electron chi connectivity index (χ3n) is 2.52.